The molecule has 2 rings (SSSR count). The second-order valence-corrected chi connectivity index (χ2v) is 33.0. The van der Waals surface area contributed by atoms with Crippen molar-refractivity contribution in [3.63, 3.8) is 0 Å². The largest absolute Gasteiger partial charge is 0.0691 e. The van der Waals surface area contributed by atoms with Gasteiger partial charge in [0.15, 0.2) is 0 Å². The molecular weight excluding hydrogens is 681 g/mol. The Labute approximate surface area is 247 Å². The molecule has 33 heavy (non-hydrogen) atoms. The summed E-state index contributed by atoms with van der Waals surface area (Å²) in [6.45, 7) is 29.2. The minimum Gasteiger partial charge on any atom is -0.0691 e. The van der Waals surface area contributed by atoms with Gasteiger partial charge in [0, 0.05) is 39.9 Å². The summed E-state index contributed by atoms with van der Waals surface area (Å²) < 4.78 is 0. The van der Waals surface area contributed by atoms with Crippen LogP contribution in [-0.4, -0.2) is 32.3 Å². The van der Waals surface area contributed by atoms with Crippen LogP contribution in [0.5, 0.6) is 0 Å². The summed E-state index contributed by atoms with van der Waals surface area (Å²) in [5.74, 6) is 0. The second-order valence-electron chi connectivity index (χ2n) is 12.9. The van der Waals surface area contributed by atoms with Crippen LogP contribution in [0.25, 0.3) is 0 Å². The SMILES string of the molecule is C[Si](C)(C)[C]1[CH][CH][CH][CH][CH][CH][C]1[Si](C)(C)C.C[Si](C)(C)[C]1[CH][CH][CH][CH][CH][CH][C]1[Si](C)(C)C.[Th]. The predicted octanol–water partition coefficient (Wildman–Crippen LogP) is 8.26. The van der Waals surface area contributed by atoms with Gasteiger partial charge in [-0.25, -0.2) is 0 Å². The van der Waals surface area contributed by atoms with Crippen LogP contribution >= 0.6 is 0 Å². The molecule has 5 heteroatoms. The second kappa shape index (κ2) is 15.0. The van der Waals surface area contributed by atoms with Crippen LogP contribution in [0.15, 0.2) is 0 Å². The van der Waals surface area contributed by atoms with E-state index < -0.39 is 32.3 Å². The third kappa shape index (κ3) is 13.0. The van der Waals surface area contributed by atoms with Gasteiger partial charge in [-0.05, 0) is 99.2 Å². The van der Waals surface area contributed by atoms with E-state index in [0.717, 1.165) is 0 Å². The standard InChI is InChI=1S/2C14H24Si2.Th/c2*1-15(2,3)13-11-9-7-8-10-12-14(13)16(4,5)6;/h2*7-12H,1-6H3;. The molecule has 0 N–H and O–H groups in total. The van der Waals surface area contributed by atoms with Crippen molar-refractivity contribution in [2.45, 2.75) is 78.6 Å². The van der Waals surface area contributed by atoms with Crippen LogP contribution < -0.4 is 0 Å². The molecule has 0 aliphatic heterocycles. The van der Waals surface area contributed by atoms with Crippen LogP contribution in [0.2, 0.25) is 78.6 Å². The summed E-state index contributed by atoms with van der Waals surface area (Å²) in [6, 6.07) is 0. The van der Waals surface area contributed by atoms with Gasteiger partial charge in [-0.15, -0.1) is 0 Å². The van der Waals surface area contributed by atoms with Crippen molar-refractivity contribution in [1.82, 2.24) is 0 Å². The van der Waals surface area contributed by atoms with Crippen molar-refractivity contribution in [2.75, 3.05) is 0 Å². The van der Waals surface area contributed by atoms with Gasteiger partial charge in [-0.3, -0.25) is 0 Å². The van der Waals surface area contributed by atoms with Crippen LogP contribution in [0.1, 0.15) is 0 Å². The van der Waals surface area contributed by atoms with Crippen molar-refractivity contribution in [2.24, 2.45) is 0 Å². The predicted molar refractivity (Wildman–Crippen MR) is 158 cm³/mol. The zero-order chi connectivity index (χ0) is 24.8. The number of hydrogen-bond acceptors (Lipinski definition) is 0. The fourth-order valence-electron chi connectivity index (χ4n) is 3.84. The van der Waals surface area contributed by atoms with E-state index in [-0.39, 0.29) is 39.9 Å². The Balaban J connectivity index is 0.000000602. The molecule has 0 heterocycles. The third-order valence-electron chi connectivity index (χ3n) is 5.53. The fraction of sp³-hybridized carbons (Fsp3) is 0.429. The van der Waals surface area contributed by atoms with E-state index in [1.807, 2.05) is 0 Å². The Morgan fingerprint density at radius 3 is 0.576 bits per heavy atom. The Morgan fingerprint density at radius 1 is 0.303 bits per heavy atom. The summed E-state index contributed by atoms with van der Waals surface area (Å²) in [6.07, 6.45) is 26.6. The van der Waals surface area contributed by atoms with Gasteiger partial charge in [0.1, 0.15) is 0 Å². The van der Waals surface area contributed by atoms with Crippen molar-refractivity contribution >= 4 is 32.3 Å². The molecule has 2 saturated carbocycles. The van der Waals surface area contributed by atoms with Gasteiger partial charge in [-0.2, -0.15) is 0 Å². The zero-order valence-electron chi connectivity index (χ0n) is 23.4. The van der Waals surface area contributed by atoms with Gasteiger partial charge >= 0.3 is 0 Å². The van der Waals surface area contributed by atoms with E-state index >= 15 is 0 Å². The normalized spacial score (nSPS) is 22.2. The molecule has 0 saturated heterocycles. The summed E-state index contributed by atoms with van der Waals surface area (Å²) in [5.41, 5.74) is 6.53. The van der Waals surface area contributed by atoms with Crippen molar-refractivity contribution in [1.29, 1.82) is 0 Å². The molecule has 0 amide bonds. The van der Waals surface area contributed by atoms with Crippen LogP contribution in [0.3, 0.4) is 0 Å². The van der Waals surface area contributed by atoms with E-state index in [1.54, 1.807) is 22.2 Å². The molecule has 0 bridgehead atoms. The maximum absolute atomic E-state index is 2.44. The maximum Gasteiger partial charge on any atom is 0.0516 e. The van der Waals surface area contributed by atoms with E-state index in [0.29, 0.717) is 0 Å². The van der Waals surface area contributed by atoms with E-state index in [4.69, 9.17) is 0 Å². The average Bonchev–Trinajstić information content (AvgIpc) is 2.49. The smallest absolute Gasteiger partial charge is 0.0516 e. The molecule has 0 aromatic rings. The zero-order valence-corrected chi connectivity index (χ0v) is 31.5. The molecular formula is C28H48Si4Th. The summed E-state index contributed by atoms with van der Waals surface area (Å²) in [7, 11) is -4.97. The molecule has 2 aliphatic rings. The molecule has 0 aromatic carbocycles. The molecule has 0 aromatic heterocycles. The van der Waals surface area contributed by atoms with Crippen LogP contribution in [0.4, 0.5) is 0 Å². The van der Waals surface area contributed by atoms with Crippen LogP contribution in [0, 0.1) is 139 Å². The Morgan fingerprint density at radius 2 is 0.455 bits per heavy atom. The first-order valence-corrected chi connectivity index (χ1v) is 26.0. The average molecular weight is 729 g/mol. The quantitative estimate of drug-likeness (QED) is 0.256. The number of rotatable bonds is 4. The molecule has 0 spiro atoms. The Bertz CT molecular complexity index is 426. The molecule has 2 fully saturated rings. The minimum atomic E-state index is -1.24. The maximum atomic E-state index is 2.44. The molecule has 16 radical (unpaired) electrons. The van der Waals surface area contributed by atoms with E-state index in [9.17, 15) is 0 Å². The first kappa shape index (κ1) is 35.2. The Kier molecular flexibility index (Phi) is 15.9. The number of hydrogen-bond donors (Lipinski definition) is 0. The molecule has 0 unspecified atom stereocenters. The molecule has 180 valence electrons. The van der Waals surface area contributed by atoms with Crippen LogP contribution in [-0.2, 0) is 0 Å². The van der Waals surface area contributed by atoms with Gasteiger partial charge in [-0.1, -0.05) is 78.6 Å². The van der Waals surface area contributed by atoms with Crippen molar-refractivity contribution in [3.05, 3.63) is 99.2 Å². The van der Waals surface area contributed by atoms with Gasteiger partial charge in [0.05, 0.1) is 32.3 Å². The topological polar surface area (TPSA) is 0 Å². The minimum absolute atomic E-state index is 0. The molecule has 0 atom stereocenters. The summed E-state index contributed by atoms with van der Waals surface area (Å²) in [4.78, 5) is 0. The van der Waals surface area contributed by atoms with E-state index in [1.165, 1.54) is 0 Å². The summed E-state index contributed by atoms with van der Waals surface area (Å²) >= 11 is 0. The van der Waals surface area contributed by atoms with Crippen molar-refractivity contribution in [3.8, 4) is 0 Å². The van der Waals surface area contributed by atoms with Gasteiger partial charge in [0.2, 0.25) is 0 Å². The monoisotopic (exact) mass is 728 g/mol. The first-order valence-electron chi connectivity index (χ1n) is 12.0. The molecule has 2 aliphatic carbocycles. The van der Waals surface area contributed by atoms with Gasteiger partial charge in [0.25, 0.3) is 0 Å². The third-order valence-corrected chi connectivity index (χ3v) is 14.2. The van der Waals surface area contributed by atoms with E-state index in [2.05, 4.69) is 156 Å². The molecule has 0 nitrogen and oxygen atoms in total. The van der Waals surface area contributed by atoms with Gasteiger partial charge < -0.3 is 0 Å². The Hall–Kier alpha value is 2.19. The fourth-order valence-corrected chi connectivity index (χ4v) is 14.3. The summed E-state index contributed by atoms with van der Waals surface area (Å²) in [5, 5.41) is 0. The van der Waals surface area contributed by atoms with Crippen molar-refractivity contribution < 1.29 is 39.9 Å². The first-order chi connectivity index (χ1) is 14.5.